The third-order valence-electron chi connectivity index (χ3n) is 4.91. The van der Waals surface area contributed by atoms with Crippen LogP contribution in [0.2, 0.25) is 0 Å². The van der Waals surface area contributed by atoms with Crippen LogP contribution in [0.25, 0.3) is 0 Å². The van der Waals surface area contributed by atoms with Gasteiger partial charge >= 0.3 is 0 Å². The van der Waals surface area contributed by atoms with Crippen molar-refractivity contribution in [3.05, 3.63) is 35.4 Å². The number of nitrogens with zero attached hydrogens (tertiary/aromatic N) is 2. The lowest BCUT2D eigenvalue weighted by atomic mass is 10.00. The molecule has 2 fully saturated rings. The molecule has 2 nitrogen and oxygen atoms in total. The summed E-state index contributed by atoms with van der Waals surface area (Å²) in [6, 6.07) is 9.87. The molecule has 1 atom stereocenters. The molecule has 0 saturated carbocycles. The van der Waals surface area contributed by atoms with Crippen molar-refractivity contribution in [3.8, 4) is 0 Å². The van der Waals surface area contributed by atoms with Crippen LogP contribution in [0.4, 0.5) is 0 Å². The summed E-state index contributed by atoms with van der Waals surface area (Å²) in [6.45, 7) is 8.51. The van der Waals surface area contributed by atoms with E-state index in [-0.39, 0.29) is 0 Å². The molecular formula is C18H28N2. The second-order valence-electron chi connectivity index (χ2n) is 6.61. The zero-order chi connectivity index (χ0) is 13.8. The monoisotopic (exact) mass is 272 g/mol. The summed E-state index contributed by atoms with van der Waals surface area (Å²) in [5, 5.41) is 0. The SMILES string of the molecule is Cc1ccc(CN2CCCC(N3CCCCC3)C2)cc1. The largest absolute Gasteiger partial charge is 0.299 e. The smallest absolute Gasteiger partial charge is 0.0234 e. The lowest BCUT2D eigenvalue weighted by Gasteiger charge is -2.41. The summed E-state index contributed by atoms with van der Waals surface area (Å²) in [4.78, 5) is 5.41. The molecule has 20 heavy (non-hydrogen) atoms. The van der Waals surface area contributed by atoms with E-state index in [1.165, 1.54) is 69.4 Å². The molecule has 0 bridgehead atoms. The van der Waals surface area contributed by atoms with Crippen LogP contribution in [0.15, 0.2) is 24.3 Å². The van der Waals surface area contributed by atoms with E-state index in [2.05, 4.69) is 41.0 Å². The molecule has 0 aromatic heterocycles. The zero-order valence-corrected chi connectivity index (χ0v) is 12.9. The maximum absolute atomic E-state index is 2.75. The van der Waals surface area contributed by atoms with Gasteiger partial charge in [0.2, 0.25) is 0 Å². The highest BCUT2D eigenvalue weighted by molar-refractivity contribution is 5.21. The minimum atomic E-state index is 0.814. The Balaban J connectivity index is 1.56. The van der Waals surface area contributed by atoms with Gasteiger partial charge < -0.3 is 0 Å². The first-order valence-corrected chi connectivity index (χ1v) is 8.33. The first-order valence-electron chi connectivity index (χ1n) is 8.33. The van der Waals surface area contributed by atoms with Gasteiger partial charge in [-0.05, 0) is 57.8 Å². The van der Waals surface area contributed by atoms with E-state index in [9.17, 15) is 0 Å². The van der Waals surface area contributed by atoms with Gasteiger partial charge in [-0.25, -0.2) is 0 Å². The van der Waals surface area contributed by atoms with Gasteiger partial charge in [0.15, 0.2) is 0 Å². The summed E-state index contributed by atoms with van der Waals surface area (Å²) < 4.78 is 0. The molecule has 1 aromatic carbocycles. The maximum atomic E-state index is 2.75. The fraction of sp³-hybridized carbons (Fsp3) is 0.667. The Morgan fingerprint density at radius 2 is 1.70 bits per heavy atom. The van der Waals surface area contributed by atoms with Crippen LogP contribution in [0, 0.1) is 6.92 Å². The topological polar surface area (TPSA) is 6.48 Å². The lowest BCUT2D eigenvalue weighted by molar-refractivity contribution is 0.0792. The van der Waals surface area contributed by atoms with Gasteiger partial charge in [-0.3, -0.25) is 9.80 Å². The van der Waals surface area contributed by atoms with Crippen LogP contribution in [0.3, 0.4) is 0 Å². The molecule has 2 saturated heterocycles. The van der Waals surface area contributed by atoms with Gasteiger partial charge in [0, 0.05) is 19.1 Å². The lowest BCUT2D eigenvalue weighted by Crippen LogP contribution is -2.49. The Labute approximate surface area is 123 Å². The van der Waals surface area contributed by atoms with Crippen molar-refractivity contribution in [2.45, 2.75) is 51.6 Å². The number of piperidine rings is 2. The van der Waals surface area contributed by atoms with Crippen LogP contribution in [-0.2, 0) is 6.54 Å². The first-order chi connectivity index (χ1) is 9.81. The number of hydrogen-bond acceptors (Lipinski definition) is 2. The predicted molar refractivity (Wildman–Crippen MR) is 84.9 cm³/mol. The molecule has 110 valence electrons. The van der Waals surface area contributed by atoms with Crippen molar-refractivity contribution < 1.29 is 0 Å². The van der Waals surface area contributed by atoms with E-state index in [4.69, 9.17) is 0 Å². The van der Waals surface area contributed by atoms with Gasteiger partial charge in [-0.1, -0.05) is 36.2 Å². The van der Waals surface area contributed by atoms with E-state index in [1.807, 2.05) is 0 Å². The molecule has 0 N–H and O–H groups in total. The number of rotatable bonds is 3. The summed E-state index contributed by atoms with van der Waals surface area (Å²) in [5.41, 5.74) is 2.83. The van der Waals surface area contributed by atoms with E-state index >= 15 is 0 Å². The van der Waals surface area contributed by atoms with Crippen molar-refractivity contribution in [1.29, 1.82) is 0 Å². The summed E-state index contributed by atoms with van der Waals surface area (Å²) in [7, 11) is 0. The molecule has 0 amide bonds. The number of likely N-dealkylation sites (tertiary alicyclic amines) is 2. The zero-order valence-electron chi connectivity index (χ0n) is 12.9. The van der Waals surface area contributed by atoms with Gasteiger partial charge in [0.05, 0.1) is 0 Å². The van der Waals surface area contributed by atoms with Crippen molar-refractivity contribution in [2.24, 2.45) is 0 Å². The molecule has 2 heteroatoms. The third kappa shape index (κ3) is 3.62. The average molecular weight is 272 g/mol. The molecule has 2 aliphatic rings. The molecule has 2 heterocycles. The van der Waals surface area contributed by atoms with E-state index in [0.29, 0.717) is 0 Å². The Hall–Kier alpha value is -0.860. The third-order valence-corrected chi connectivity index (χ3v) is 4.91. The molecule has 0 spiro atoms. The molecular weight excluding hydrogens is 244 g/mol. The highest BCUT2D eigenvalue weighted by Crippen LogP contribution is 2.21. The van der Waals surface area contributed by atoms with Crippen LogP contribution < -0.4 is 0 Å². The summed E-state index contributed by atoms with van der Waals surface area (Å²) in [6.07, 6.45) is 7.04. The Morgan fingerprint density at radius 3 is 2.45 bits per heavy atom. The van der Waals surface area contributed by atoms with Gasteiger partial charge in [0.1, 0.15) is 0 Å². The van der Waals surface area contributed by atoms with Crippen LogP contribution in [0.1, 0.15) is 43.2 Å². The van der Waals surface area contributed by atoms with Gasteiger partial charge in [-0.2, -0.15) is 0 Å². The molecule has 0 radical (unpaired) electrons. The van der Waals surface area contributed by atoms with Crippen LogP contribution >= 0.6 is 0 Å². The molecule has 0 aliphatic carbocycles. The minimum Gasteiger partial charge on any atom is -0.299 e. The highest BCUT2D eigenvalue weighted by atomic mass is 15.2. The average Bonchev–Trinajstić information content (AvgIpc) is 2.51. The molecule has 2 aliphatic heterocycles. The fourth-order valence-electron chi connectivity index (χ4n) is 3.71. The number of hydrogen-bond donors (Lipinski definition) is 0. The normalized spacial score (nSPS) is 25.8. The van der Waals surface area contributed by atoms with E-state index < -0.39 is 0 Å². The Morgan fingerprint density at radius 1 is 0.950 bits per heavy atom. The van der Waals surface area contributed by atoms with Crippen molar-refractivity contribution in [3.63, 3.8) is 0 Å². The van der Waals surface area contributed by atoms with Gasteiger partial charge in [-0.15, -0.1) is 0 Å². The van der Waals surface area contributed by atoms with Crippen LogP contribution in [0.5, 0.6) is 0 Å². The number of aryl methyl sites for hydroxylation is 1. The molecule has 1 unspecified atom stereocenters. The number of benzene rings is 1. The molecule has 3 rings (SSSR count). The van der Waals surface area contributed by atoms with Gasteiger partial charge in [0.25, 0.3) is 0 Å². The summed E-state index contributed by atoms with van der Waals surface area (Å²) >= 11 is 0. The quantitative estimate of drug-likeness (QED) is 0.831. The standard InChI is InChI=1S/C18H28N2/c1-16-7-9-17(10-8-16)14-19-11-5-6-18(15-19)20-12-3-2-4-13-20/h7-10,18H,2-6,11-15H2,1H3. The Bertz CT molecular complexity index is 406. The predicted octanol–water partition coefficient (Wildman–Crippen LogP) is 3.45. The van der Waals surface area contributed by atoms with Crippen molar-refractivity contribution in [2.75, 3.05) is 26.2 Å². The second kappa shape index (κ2) is 6.73. The Kier molecular flexibility index (Phi) is 4.74. The second-order valence-corrected chi connectivity index (χ2v) is 6.61. The van der Waals surface area contributed by atoms with E-state index in [1.54, 1.807) is 0 Å². The fourth-order valence-corrected chi connectivity index (χ4v) is 3.71. The molecule has 1 aromatic rings. The minimum absolute atomic E-state index is 0.814. The first kappa shape index (κ1) is 14.1. The maximum Gasteiger partial charge on any atom is 0.0234 e. The highest BCUT2D eigenvalue weighted by Gasteiger charge is 2.26. The van der Waals surface area contributed by atoms with E-state index in [0.717, 1.165) is 12.6 Å². The van der Waals surface area contributed by atoms with Crippen molar-refractivity contribution in [1.82, 2.24) is 9.80 Å². The summed E-state index contributed by atoms with van der Waals surface area (Å²) in [5.74, 6) is 0. The van der Waals surface area contributed by atoms with Crippen LogP contribution in [-0.4, -0.2) is 42.0 Å². The van der Waals surface area contributed by atoms with Crippen molar-refractivity contribution >= 4 is 0 Å².